The number of nitrogens with zero attached hydrogens (tertiary/aromatic N) is 5. The summed E-state index contributed by atoms with van der Waals surface area (Å²) in [6, 6.07) is 8.49. The Morgan fingerprint density at radius 3 is 2.58 bits per heavy atom. The lowest BCUT2D eigenvalue weighted by Crippen LogP contribution is -2.38. The molecule has 38 heavy (non-hydrogen) atoms. The molecule has 5 rings (SSSR count). The highest BCUT2D eigenvalue weighted by Gasteiger charge is 2.36. The smallest absolute Gasteiger partial charge is 0.417 e. The van der Waals surface area contributed by atoms with Crippen molar-refractivity contribution in [1.82, 2.24) is 14.5 Å². The summed E-state index contributed by atoms with van der Waals surface area (Å²) in [4.78, 5) is 21.0. The SMILES string of the molecule is O=[N+]([O-])C1CC(COc2ccc(N3CCC(Oc4ncc(C(F)(F)F)cc4Cl)CC3)cc2)Oc2nccn21. The summed E-state index contributed by atoms with van der Waals surface area (Å²) >= 11 is 5.96. The number of imidazole rings is 1. The molecule has 10 nitrogen and oxygen atoms in total. The number of fused-ring (bicyclic) bond motifs is 1. The van der Waals surface area contributed by atoms with E-state index in [1.165, 1.54) is 17.0 Å². The van der Waals surface area contributed by atoms with Crippen LogP contribution in [0.5, 0.6) is 17.6 Å². The van der Waals surface area contributed by atoms with Crippen molar-refractivity contribution >= 4 is 17.3 Å². The summed E-state index contributed by atoms with van der Waals surface area (Å²) in [5.74, 6) is 0.597. The van der Waals surface area contributed by atoms with Gasteiger partial charge in [-0.15, -0.1) is 0 Å². The van der Waals surface area contributed by atoms with Gasteiger partial charge in [0.25, 0.3) is 6.17 Å². The monoisotopic (exact) mass is 553 g/mol. The van der Waals surface area contributed by atoms with Crippen LogP contribution in [0.4, 0.5) is 18.9 Å². The van der Waals surface area contributed by atoms with Gasteiger partial charge in [-0.2, -0.15) is 13.2 Å². The van der Waals surface area contributed by atoms with Gasteiger partial charge < -0.3 is 19.1 Å². The van der Waals surface area contributed by atoms with E-state index < -0.39 is 24.0 Å². The highest BCUT2D eigenvalue weighted by molar-refractivity contribution is 6.31. The molecule has 0 saturated carbocycles. The molecule has 2 aliphatic rings. The third kappa shape index (κ3) is 5.72. The Balaban J connectivity index is 1.11. The van der Waals surface area contributed by atoms with Crippen molar-refractivity contribution < 1.29 is 32.3 Å². The molecule has 0 amide bonds. The Morgan fingerprint density at radius 1 is 1.18 bits per heavy atom. The van der Waals surface area contributed by atoms with E-state index in [1.807, 2.05) is 24.3 Å². The van der Waals surface area contributed by atoms with Crippen molar-refractivity contribution in [2.24, 2.45) is 0 Å². The van der Waals surface area contributed by atoms with Crippen LogP contribution in [0, 0.1) is 10.1 Å². The Bertz CT molecular complexity index is 1280. The maximum atomic E-state index is 12.8. The number of benzene rings is 1. The van der Waals surface area contributed by atoms with Crippen LogP contribution in [-0.2, 0) is 6.18 Å². The van der Waals surface area contributed by atoms with Gasteiger partial charge in [0, 0.05) is 55.1 Å². The van der Waals surface area contributed by atoms with Crippen LogP contribution in [0.15, 0.2) is 48.9 Å². The number of aromatic nitrogens is 3. The number of ether oxygens (including phenoxy) is 3. The number of piperidine rings is 1. The topological polar surface area (TPSA) is 105 Å². The first-order valence-electron chi connectivity index (χ1n) is 11.9. The molecular formula is C24H23ClF3N5O5. The minimum atomic E-state index is -4.52. The Hall–Kier alpha value is -3.74. The molecule has 2 atom stereocenters. The van der Waals surface area contributed by atoms with Crippen molar-refractivity contribution in [3.8, 4) is 17.6 Å². The predicted molar refractivity (Wildman–Crippen MR) is 129 cm³/mol. The van der Waals surface area contributed by atoms with Gasteiger partial charge in [-0.3, -0.25) is 10.1 Å². The largest absolute Gasteiger partial charge is 0.490 e. The molecule has 202 valence electrons. The normalized spacial score (nSPS) is 19.9. The van der Waals surface area contributed by atoms with Gasteiger partial charge in [-0.05, 0) is 30.3 Å². The second-order valence-corrected chi connectivity index (χ2v) is 9.38. The molecule has 0 radical (unpaired) electrons. The van der Waals surface area contributed by atoms with Crippen LogP contribution in [0.25, 0.3) is 0 Å². The fourth-order valence-corrected chi connectivity index (χ4v) is 4.66. The minimum Gasteiger partial charge on any atom is -0.490 e. The fourth-order valence-electron chi connectivity index (χ4n) is 4.45. The molecular weight excluding hydrogens is 531 g/mol. The average Bonchev–Trinajstić information content (AvgIpc) is 3.37. The molecule has 1 saturated heterocycles. The van der Waals surface area contributed by atoms with Gasteiger partial charge in [0.05, 0.1) is 12.0 Å². The highest BCUT2D eigenvalue weighted by Crippen LogP contribution is 2.34. The third-order valence-electron chi connectivity index (χ3n) is 6.44. The van der Waals surface area contributed by atoms with Gasteiger partial charge in [-0.25, -0.2) is 14.5 Å². The predicted octanol–water partition coefficient (Wildman–Crippen LogP) is 5.00. The molecule has 3 aromatic rings. The number of pyridine rings is 1. The number of anilines is 1. The zero-order valence-electron chi connectivity index (χ0n) is 19.9. The lowest BCUT2D eigenvalue weighted by molar-refractivity contribution is -0.553. The van der Waals surface area contributed by atoms with E-state index in [0.717, 1.165) is 18.0 Å². The lowest BCUT2D eigenvalue weighted by Gasteiger charge is -2.33. The number of alkyl halides is 3. The molecule has 2 aromatic heterocycles. The molecule has 1 fully saturated rings. The first-order valence-corrected chi connectivity index (χ1v) is 12.3. The van der Waals surface area contributed by atoms with Crippen molar-refractivity contribution in [2.45, 2.75) is 43.8 Å². The van der Waals surface area contributed by atoms with Gasteiger partial charge in [0.15, 0.2) is 0 Å². The van der Waals surface area contributed by atoms with Gasteiger partial charge in [-0.1, -0.05) is 11.6 Å². The molecule has 1 aromatic carbocycles. The molecule has 0 spiro atoms. The standard InChI is InChI=1S/C24H23ClF3N5O5/c25-20-11-15(24(26,27)28)13-30-22(20)37-18-5-8-31(9-6-18)16-1-3-17(4-2-16)36-14-19-12-21(33(34)35)32-10-7-29-23(32)38-19/h1-4,7,10-11,13,18-19,21H,5-6,8-9,12,14H2. The number of halogens is 4. The number of hydrogen-bond acceptors (Lipinski definition) is 8. The van der Waals surface area contributed by atoms with Crippen LogP contribution in [0.3, 0.4) is 0 Å². The molecule has 4 heterocycles. The Labute approximate surface area is 220 Å². The van der Waals surface area contributed by atoms with Crippen molar-refractivity contribution in [3.63, 3.8) is 0 Å². The van der Waals surface area contributed by atoms with Crippen molar-refractivity contribution in [2.75, 3.05) is 24.6 Å². The highest BCUT2D eigenvalue weighted by atomic mass is 35.5. The summed E-state index contributed by atoms with van der Waals surface area (Å²) in [5, 5.41) is 11.2. The van der Waals surface area contributed by atoms with E-state index in [2.05, 4.69) is 14.9 Å². The minimum absolute atomic E-state index is 0.00456. The van der Waals surface area contributed by atoms with E-state index in [-0.39, 0.29) is 41.0 Å². The average molecular weight is 554 g/mol. The number of rotatable bonds is 7. The van der Waals surface area contributed by atoms with Gasteiger partial charge in [0.1, 0.15) is 29.6 Å². The second-order valence-electron chi connectivity index (χ2n) is 8.98. The van der Waals surface area contributed by atoms with Crippen LogP contribution >= 0.6 is 11.6 Å². The van der Waals surface area contributed by atoms with E-state index in [4.69, 9.17) is 25.8 Å². The zero-order chi connectivity index (χ0) is 26.9. The van der Waals surface area contributed by atoms with E-state index in [9.17, 15) is 23.3 Å². The molecule has 14 heteroatoms. The van der Waals surface area contributed by atoms with E-state index in [0.29, 0.717) is 31.7 Å². The maximum Gasteiger partial charge on any atom is 0.417 e. The van der Waals surface area contributed by atoms with Gasteiger partial charge >= 0.3 is 12.2 Å². The summed E-state index contributed by atoms with van der Waals surface area (Å²) in [6.07, 6.45) is -1.04. The van der Waals surface area contributed by atoms with Gasteiger partial charge in [0.2, 0.25) is 5.88 Å². The maximum absolute atomic E-state index is 12.8. The molecule has 2 aliphatic heterocycles. The first kappa shape index (κ1) is 25.9. The number of nitro groups is 1. The van der Waals surface area contributed by atoms with E-state index in [1.54, 1.807) is 0 Å². The van der Waals surface area contributed by atoms with Crippen LogP contribution in [-0.4, -0.2) is 51.4 Å². The van der Waals surface area contributed by atoms with Crippen LogP contribution < -0.4 is 19.1 Å². The molecule has 0 aliphatic carbocycles. The summed E-state index contributed by atoms with van der Waals surface area (Å²) in [5.41, 5.74) is 0.0575. The first-order chi connectivity index (χ1) is 18.2. The Morgan fingerprint density at radius 2 is 1.92 bits per heavy atom. The van der Waals surface area contributed by atoms with Crippen LogP contribution in [0.1, 0.15) is 31.0 Å². The molecule has 0 bridgehead atoms. The van der Waals surface area contributed by atoms with Crippen molar-refractivity contribution in [3.05, 3.63) is 69.6 Å². The van der Waals surface area contributed by atoms with E-state index >= 15 is 0 Å². The summed E-state index contributed by atoms with van der Waals surface area (Å²) < 4.78 is 57.1. The molecule has 2 unspecified atom stereocenters. The number of hydrogen-bond donors (Lipinski definition) is 0. The Kier molecular flexibility index (Phi) is 7.19. The second kappa shape index (κ2) is 10.6. The molecule has 0 N–H and O–H groups in total. The summed E-state index contributed by atoms with van der Waals surface area (Å²) in [7, 11) is 0. The summed E-state index contributed by atoms with van der Waals surface area (Å²) in [6.45, 7) is 1.49. The lowest BCUT2D eigenvalue weighted by atomic mass is 10.1. The zero-order valence-corrected chi connectivity index (χ0v) is 20.6. The quantitative estimate of drug-likeness (QED) is 0.297. The third-order valence-corrected chi connectivity index (χ3v) is 6.71. The van der Waals surface area contributed by atoms with Crippen LogP contribution in [0.2, 0.25) is 5.02 Å². The van der Waals surface area contributed by atoms with Crippen molar-refractivity contribution in [1.29, 1.82) is 0 Å². The fraction of sp³-hybridized carbons (Fsp3) is 0.417.